The van der Waals surface area contributed by atoms with Crippen molar-refractivity contribution in [2.24, 2.45) is 22.7 Å². The van der Waals surface area contributed by atoms with E-state index in [-0.39, 0.29) is 12.1 Å². The van der Waals surface area contributed by atoms with Gasteiger partial charge in [-0.25, -0.2) is 4.79 Å². The average molecular weight is 282 g/mol. The number of aliphatic hydroxyl groups is 1. The van der Waals surface area contributed by atoms with Crippen molar-refractivity contribution in [2.75, 3.05) is 19.6 Å². The highest BCUT2D eigenvalue weighted by atomic mass is 16.3. The van der Waals surface area contributed by atoms with Crippen LogP contribution < -0.4 is 5.32 Å². The van der Waals surface area contributed by atoms with E-state index in [4.69, 9.17) is 0 Å². The SMILES string of the molecule is CC(O)C1CCN(C(=O)NCC2C(C)(C)C2(C)C)CC1. The molecule has 4 nitrogen and oxygen atoms in total. The van der Waals surface area contributed by atoms with Crippen molar-refractivity contribution < 1.29 is 9.90 Å². The second kappa shape index (κ2) is 5.21. The number of carbonyl (C=O) groups excluding carboxylic acids is 1. The molecular weight excluding hydrogens is 252 g/mol. The topological polar surface area (TPSA) is 52.6 Å². The first-order valence-corrected chi connectivity index (χ1v) is 7.88. The molecule has 1 saturated heterocycles. The maximum atomic E-state index is 12.2. The fourth-order valence-corrected chi connectivity index (χ4v) is 3.73. The second-order valence-corrected chi connectivity index (χ2v) is 7.75. The van der Waals surface area contributed by atoms with E-state index < -0.39 is 0 Å². The Morgan fingerprint density at radius 2 is 1.75 bits per heavy atom. The summed E-state index contributed by atoms with van der Waals surface area (Å²) >= 11 is 0. The van der Waals surface area contributed by atoms with Crippen molar-refractivity contribution in [3.8, 4) is 0 Å². The van der Waals surface area contributed by atoms with Crippen molar-refractivity contribution in [1.82, 2.24) is 10.2 Å². The molecule has 1 atom stereocenters. The number of piperidine rings is 1. The van der Waals surface area contributed by atoms with Crippen LogP contribution in [0.2, 0.25) is 0 Å². The third kappa shape index (κ3) is 2.67. The van der Waals surface area contributed by atoms with Crippen molar-refractivity contribution in [2.45, 2.75) is 53.6 Å². The lowest BCUT2D eigenvalue weighted by molar-refractivity contribution is 0.0797. The van der Waals surface area contributed by atoms with Gasteiger partial charge in [0, 0.05) is 19.6 Å². The molecule has 1 unspecified atom stereocenters. The van der Waals surface area contributed by atoms with Gasteiger partial charge in [-0.3, -0.25) is 0 Å². The molecule has 0 spiro atoms. The summed E-state index contributed by atoms with van der Waals surface area (Å²) in [6, 6.07) is 0.0625. The van der Waals surface area contributed by atoms with Gasteiger partial charge in [0.2, 0.25) is 0 Å². The monoisotopic (exact) mass is 282 g/mol. The zero-order chi connectivity index (χ0) is 15.1. The first-order chi connectivity index (χ1) is 9.18. The van der Waals surface area contributed by atoms with E-state index >= 15 is 0 Å². The van der Waals surface area contributed by atoms with Gasteiger partial charge in [0.05, 0.1) is 6.10 Å². The zero-order valence-electron chi connectivity index (χ0n) is 13.6. The van der Waals surface area contributed by atoms with Gasteiger partial charge in [-0.2, -0.15) is 0 Å². The molecule has 20 heavy (non-hydrogen) atoms. The summed E-state index contributed by atoms with van der Waals surface area (Å²) in [5.74, 6) is 0.911. The summed E-state index contributed by atoms with van der Waals surface area (Å²) in [6.07, 6.45) is 1.56. The fourth-order valence-electron chi connectivity index (χ4n) is 3.73. The van der Waals surface area contributed by atoms with Gasteiger partial charge in [-0.05, 0) is 42.4 Å². The van der Waals surface area contributed by atoms with Crippen LogP contribution in [0.5, 0.6) is 0 Å². The quantitative estimate of drug-likeness (QED) is 0.835. The maximum Gasteiger partial charge on any atom is 0.317 e. The van der Waals surface area contributed by atoms with Crippen molar-refractivity contribution in [3.63, 3.8) is 0 Å². The molecule has 2 fully saturated rings. The lowest BCUT2D eigenvalue weighted by Crippen LogP contribution is -2.46. The van der Waals surface area contributed by atoms with Gasteiger partial charge in [0.25, 0.3) is 0 Å². The van der Waals surface area contributed by atoms with Crippen LogP contribution in [0.3, 0.4) is 0 Å². The summed E-state index contributed by atoms with van der Waals surface area (Å²) in [5, 5.41) is 12.7. The first-order valence-electron chi connectivity index (χ1n) is 7.88. The van der Waals surface area contributed by atoms with Crippen molar-refractivity contribution in [1.29, 1.82) is 0 Å². The van der Waals surface area contributed by atoms with E-state index in [0.717, 1.165) is 32.5 Å². The highest BCUT2D eigenvalue weighted by Gasteiger charge is 2.64. The highest BCUT2D eigenvalue weighted by Crippen LogP contribution is 2.67. The van der Waals surface area contributed by atoms with Crippen LogP contribution >= 0.6 is 0 Å². The molecule has 0 aromatic carbocycles. The Hall–Kier alpha value is -0.770. The Morgan fingerprint density at radius 3 is 2.15 bits per heavy atom. The van der Waals surface area contributed by atoms with Crippen LogP contribution in [0.1, 0.15) is 47.5 Å². The Bertz CT molecular complexity index is 355. The molecule has 2 amide bonds. The van der Waals surface area contributed by atoms with E-state index in [1.165, 1.54) is 0 Å². The van der Waals surface area contributed by atoms with Gasteiger partial charge in [-0.1, -0.05) is 27.7 Å². The molecule has 1 aliphatic heterocycles. The number of rotatable bonds is 3. The number of aliphatic hydroxyl groups excluding tert-OH is 1. The number of nitrogens with one attached hydrogen (secondary N) is 1. The lowest BCUT2D eigenvalue weighted by Gasteiger charge is -2.33. The number of likely N-dealkylation sites (tertiary alicyclic amines) is 1. The summed E-state index contributed by atoms with van der Waals surface area (Å²) < 4.78 is 0. The first kappa shape index (κ1) is 15.6. The summed E-state index contributed by atoms with van der Waals surface area (Å²) in [7, 11) is 0. The molecule has 0 aromatic heterocycles. The Kier molecular flexibility index (Phi) is 4.07. The lowest BCUT2D eigenvalue weighted by atomic mass is 9.92. The largest absolute Gasteiger partial charge is 0.393 e. The minimum Gasteiger partial charge on any atom is -0.393 e. The molecular formula is C16H30N2O2. The third-order valence-corrected chi connectivity index (χ3v) is 6.29. The standard InChI is InChI=1S/C16H30N2O2/c1-11(19)12-6-8-18(9-7-12)14(20)17-10-13-15(2,3)16(13,4)5/h11-13,19H,6-10H2,1-5H3,(H,17,20). The average Bonchev–Trinajstić information content (AvgIpc) is 2.77. The third-order valence-electron chi connectivity index (χ3n) is 6.29. The van der Waals surface area contributed by atoms with Crippen LogP contribution in [0, 0.1) is 22.7 Å². The van der Waals surface area contributed by atoms with Gasteiger partial charge >= 0.3 is 6.03 Å². The molecule has 2 N–H and O–H groups in total. The number of hydrogen-bond acceptors (Lipinski definition) is 2. The molecule has 1 heterocycles. The van der Waals surface area contributed by atoms with Gasteiger partial charge in [0.15, 0.2) is 0 Å². The Balaban J connectivity index is 1.75. The highest BCUT2D eigenvalue weighted by molar-refractivity contribution is 5.74. The van der Waals surface area contributed by atoms with E-state index in [0.29, 0.717) is 22.7 Å². The fraction of sp³-hybridized carbons (Fsp3) is 0.938. The number of urea groups is 1. The summed E-state index contributed by atoms with van der Waals surface area (Å²) in [6.45, 7) is 13.2. The minimum absolute atomic E-state index is 0.0625. The molecule has 0 radical (unpaired) electrons. The van der Waals surface area contributed by atoms with E-state index in [1.54, 1.807) is 0 Å². The van der Waals surface area contributed by atoms with Crippen LogP contribution in [0.25, 0.3) is 0 Å². The molecule has 2 aliphatic rings. The molecule has 0 aromatic rings. The number of hydrogen-bond donors (Lipinski definition) is 2. The number of carbonyl (C=O) groups is 1. The zero-order valence-corrected chi connectivity index (χ0v) is 13.6. The molecule has 2 rings (SSSR count). The molecule has 1 aliphatic carbocycles. The number of nitrogens with zero attached hydrogens (tertiary/aromatic N) is 1. The van der Waals surface area contributed by atoms with Crippen molar-refractivity contribution in [3.05, 3.63) is 0 Å². The molecule has 116 valence electrons. The predicted octanol–water partition coefficient (Wildman–Crippen LogP) is 2.47. The van der Waals surface area contributed by atoms with Gasteiger partial charge < -0.3 is 15.3 Å². The van der Waals surface area contributed by atoms with E-state index in [9.17, 15) is 9.90 Å². The van der Waals surface area contributed by atoms with Crippen LogP contribution in [-0.4, -0.2) is 41.8 Å². The van der Waals surface area contributed by atoms with E-state index in [2.05, 4.69) is 33.0 Å². The smallest absolute Gasteiger partial charge is 0.317 e. The van der Waals surface area contributed by atoms with E-state index in [1.807, 2.05) is 11.8 Å². The summed E-state index contributed by atoms with van der Waals surface area (Å²) in [5.41, 5.74) is 0.638. The normalized spacial score (nSPS) is 27.2. The second-order valence-electron chi connectivity index (χ2n) is 7.75. The van der Waals surface area contributed by atoms with Crippen molar-refractivity contribution >= 4 is 6.03 Å². The van der Waals surface area contributed by atoms with Crippen LogP contribution in [0.4, 0.5) is 4.79 Å². The molecule has 0 bridgehead atoms. The van der Waals surface area contributed by atoms with Gasteiger partial charge in [-0.15, -0.1) is 0 Å². The molecule has 1 saturated carbocycles. The van der Waals surface area contributed by atoms with Crippen LogP contribution in [-0.2, 0) is 0 Å². The number of amides is 2. The molecule has 4 heteroatoms. The van der Waals surface area contributed by atoms with Crippen LogP contribution in [0.15, 0.2) is 0 Å². The Labute approximate surface area is 122 Å². The summed E-state index contributed by atoms with van der Waals surface area (Å²) in [4.78, 5) is 14.1. The maximum absolute atomic E-state index is 12.2. The van der Waals surface area contributed by atoms with Gasteiger partial charge in [0.1, 0.15) is 0 Å². The Morgan fingerprint density at radius 1 is 1.25 bits per heavy atom. The minimum atomic E-state index is -0.256. The predicted molar refractivity (Wildman–Crippen MR) is 80.4 cm³/mol.